The summed E-state index contributed by atoms with van der Waals surface area (Å²) in [5.74, 6) is -1.09. The van der Waals surface area contributed by atoms with Crippen molar-refractivity contribution in [2.45, 2.75) is 25.5 Å². The molecule has 0 aliphatic heterocycles. The van der Waals surface area contributed by atoms with E-state index in [0.717, 1.165) is 0 Å². The lowest BCUT2D eigenvalue weighted by Gasteiger charge is -2.25. The SMILES string of the molecule is CCC(OC)C(NC)c1c(F)cccc1F. The Morgan fingerprint density at radius 3 is 2.25 bits per heavy atom. The minimum Gasteiger partial charge on any atom is -0.379 e. The van der Waals surface area contributed by atoms with Crippen LogP contribution < -0.4 is 5.32 Å². The van der Waals surface area contributed by atoms with Crippen molar-refractivity contribution in [3.8, 4) is 0 Å². The van der Waals surface area contributed by atoms with Gasteiger partial charge in [0, 0.05) is 12.7 Å². The van der Waals surface area contributed by atoms with Crippen LogP contribution in [0.15, 0.2) is 18.2 Å². The summed E-state index contributed by atoms with van der Waals surface area (Å²) in [5.41, 5.74) is 0.0405. The molecule has 0 saturated carbocycles. The Balaban J connectivity index is 3.12. The molecule has 0 aliphatic rings. The van der Waals surface area contributed by atoms with Gasteiger partial charge in [0.1, 0.15) is 11.6 Å². The molecule has 2 unspecified atom stereocenters. The van der Waals surface area contributed by atoms with Gasteiger partial charge in [0.2, 0.25) is 0 Å². The summed E-state index contributed by atoms with van der Waals surface area (Å²) in [5, 5.41) is 2.90. The molecular formula is C12H17F2NO. The molecule has 0 aliphatic carbocycles. The maximum Gasteiger partial charge on any atom is 0.131 e. The fraction of sp³-hybridized carbons (Fsp3) is 0.500. The molecule has 1 aromatic rings. The number of ether oxygens (including phenoxy) is 1. The molecule has 0 aromatic heterocycles. The minimum atomic E-state index is -0.546. The zero-order valence-corrected chi connectivity index (χ0v) is 9.76. The van der Waals surface area contributed by atoms with Crippen molar-refractivity contribution < 1.29 is 13.5 Å². The predicted octanol–water partition coefficient (Wildman–Crippen LogP) is 2.65. The first-order chi connectivity index (χ1) is 7.65. The van der Waals surface area contributed by atoms with Crippen molar-refractivity contribution in [1.82, 2.24) is 5.32 Å². The highest BCUT2D eigenvalue weighted by molar-refractivity contribution is 5.24. The van der Waals surface area contributed by atoms with Gasteiger partial charge in [-0.3, -0.25) is 0 Å². The highest BCUT2D eigenvalue weighted by Crippen LogP contribution is 2.25. The van der Waals surface area contributed by atoms with Gasteiger partial charge in [-0.1, -0.05) is 13.0 Å². The highest BCUT2D eigenvalue weighted by Gasteiger charge is 2.25. The van der Waals surface area contributed by atoms with E-state index in [4.69, 9.17) is 4.74 Å². The Morgan fingerprint density at radius 1 is 1.31 bits per heavy atom. The van der Waals surface area contributed by atoms with Crippen LogP contribution in [0.5, 0.6) is 0 Å². The molecule has 0 amide bonds. The Hall–Kier alpha value is -1.00. The quantitative estimate of drug-likeness (QED) is 0.838. The van der Waals surface area contributed by atoms with Crippen LogP contribution in [0, 0.1) is 11.6 Å². The van der Waals surface area contributed by atoms with Gasteiger partial charge in [0.25, 0.3) is 0 Å². The van der Waals surface area contributed by atoms with Gasteiger partial charge >= 0.3 is 0 Å². The van der Waals surface area contributed by atoms with Crippen LogP contribution in [0.2, 0.25) is 0 Å². The average Bonchev–Trinajstić information content (AvgIpc) is 2.28. The summed E-state index contributed by atoms with van der Waals surface area (Å²) in [6.45, 7) is 1.91. The second-order valence-electron chi connectivity index (χ2n) is 3.58. The van der Waals surface area contributed by atoms with Crippen LogP contribution in [0.4, 0.5) is 8.78 Å². The van der Waals surface area contributed by atoms with Crippen LogP contribution in [0.25, 0.3) is 0 Å². The van der Waals surface area contributed by atoms with Gasteiger partial charge in [0.05, 0.1) is 12.1 Å². The van der Waals surface area contributed by atoms with Crippen molar-refractivity contribution in [3.05, 3.63) is 35.4 Å². The van der Waals surface area contributed by atoms with Crippen molar-refractivity contribution >= 4 is 0 Å². The lowest BCUT2D eigenvalue weighted by Crippen LogP contribution is -2.32. The molecule has 4 heteroatoms. The Labute approximate surface area is 94.6 Å². The molecule has 1 N–H and O–H groups in total. The molecule has 0 heterocycles. The summed E-state index contributed by atoms with van der Waals surface area (Å²) in [6.07, 6.45) is 0.423. The maximum atomic E-state index is 13.6. The second kappa shape index (κ2) is 5.92. The van der Waals surface area contributed by atoms with Crippen molar-refractivity contribution in [2.75, 3.05) is 14.2 Å². The first-order valence-electron chi connectivity index (χ1n) is 5.29. The molecule has 1 rings (SSSR count). The fourth-order valence-corrected chi connectivity index (χ4v) is 1.86. The average molecular weight is 229 g/mol. The van der Waals surface area contributed by atoms with Crippen molar-refractivity contribution in [3.63, 3.8) is 0 Å². The standard InChI is InChI=1S/C12H17F2NO/c1-4-10(16-3)12(15-2)11-8(13)6-5-7-9(11)14/h5-7,10,12,15H,4H2,1-3H3. The van der Waals surface area contributed by atoms with Crippen LogP contribution in [0.3, 0.4) is 0 Å². The van der Waals surface area contributed by atoms with Crippen molar-refractivity contribution in [2.24, 2.45) is 0 Å². The van der Waals surface area contributed by atoms with Crippen molar-refractivity contribution in [1.29, 1.82) is 0 Å². The first kappa shape index (κ1) is 13.1. The van der Waals surface area contributed by atoms with Gasteiger partial charge < -0.3 is 10.1 Å². The number of nitrogens with one attached hydrogen (secondary N) is 1. The van der Waals surface area contributed by atoms with Crippen LogP contribution in [-0.2, 0) is 4.74 Å². The Morgan fingerprint density at radius 2 is 1.88 bits per heavy atom. The minimum absolute atomic E-state index is 0.0405. The summed E-state index contributed by atoms with van der Waals surface area (Å²) in [6, 6.07) is 3.39. The van der Waals surface area contributed by atoms with Gasteiger partial charge in [-0.05, 0) is 25.6 Å². The van der Waals surface area contributed by atoms with E-state index in [2.05, 4.69) is 5.32 Å². The summed E-state index contributed by atoms with van der Waals surface area (Å²) in [4.78, 5) is 0. The number of hydrogen-bond acceptors (Lipinski definition) is 2. The third kappa shape index (κ3) is 2.57. The third-order valence-electron chi connectivity index (χ3n) is 2.70. The Kier molecular flexibility index (Phi) is 4.83. The molecule has 0 fully saturated rings. The monoisotopic (exact) mass is 229 g/mol. The zero-order chi connectivity index (χ0) is 12.1. The van der Waals surface area contributed by atoms with E-state index in [-0.39, 0.29) is 11.7 Å². The van der Waals surface area contributed by atoms with Gasteiger partial charge in [0.15, 0.2) is 0 Å². The summed E-state index contributed by atoms with van der Waals surface area (Å²) < 4.78 is 32.4. The van der Waals surface area contributed by atoms with Crippen LogP contribution in [-0.4, -0.2) is 20.3 Å². The number of likely N-dealkylation sites (N-methyl/N-ethyl adjacent to an activating group) is 1. The molecule has 0 bridgehead atoms. The number of methoxy groups -OCH3 is 1. The van der Waals surface area contributed by atoms with E-state index in [1.165, 1.54) is 25.3 Å². The van der Waals surface area contributed by atoms with E-state index in [1.54, 1.807) is 7.05 Å². The van der Waals surface area contributed by atoms with Gasteiger partial charge in [-0.25, -0.2) is 8.78 Å². The molecule has 2 nitrogen and oxygen atoms in total. The van der Waals surface area contributed by atoms with E-state index in [1.807, 2.05) is 6.92 Å². The largest absolute Gasteiger partial charge is 0.379 e. The second-order valence-corrected chi connectivity index (χ2v) is 3.58. The number of halogens is 2. The summed E-state index contributed by atoms with van der Waals surface area (Å²) in [7, 11) is 3.20. The lowest BCUT2D eigenvalue weighted by molar-refractivity contribution is 0.0652. The van der Waals surface area contributed by atoms with Gasteiger partial charge in [-0.2, -0.15) is 0 Å². The molecule has 1 aromatic carbocycles. The molecule has 0 saturated heterocycles. The molecule has 2 atom stereocenters. The number of benzene rings is 1. The third-order valence-corrected chi connectivity index (χ3v) is 2.70. The normalized spacial score (nSPS) is 14.8. The van der Waals surface area contributed by atoms with E-state index >= 15 is 0 Å². The van der Waals surface area contributed by atoms with E-state index < -0.39 is 17.7 Å². The maximum absolute atomic E-state index is 13.6. The lowest BCUT2D eigenvalue weighted by atomic mass is 9.98. The molecular weight excluding hydrogens is 212 g/mol. The highest BCUT2D eigenvalue weighted by atomic mass is 19.1. The molecule has 16 heavy (non-hydrogen) atoms. The van der Waals surface area contributed by atoms with E-state index in [9.17, 15) is 8.78 Å². The summed E-state index contributed by atoms with van der Waals surface area (Å²) >= 11 is 0. The Bertz CT molecular complexity index is 320. The molecule has 0 spiro atoms. The predicted molar refractivity (Wildman–Crippen MR) is 59.2 cm³/mol. The zero-order valence-electron chi connectivity index (χ0n) is 9.76. The fourth-order valence-electron chi connectivity index (χ4n) is 1.86. The van der Waals surface area contributed by atoms with E-state index in [0.29, 0.717) is 6.42 Å². The number of hydrogen-bond donors (Lipinski definition) is 1. The van der Waals surface area contributed by atoms with Gasteiger partial charge in [-0.15, -0.1) is 0 Å². The first-order valence-corrected chi connectivity index (χ1v) is 5.29. The van der Waals surface area contributed by atoms with Crippen LogP contribution >= 0.6 is 0 Å². The molecule has 90 valence electrons. The smallest absolute Gasteiger partial charge is 0.131 e. The topological polar surface area (TPSA) is 21.3 Å². The van der Waals surface area contributed by atoms with Crippen LogP contribution in [0.1, 0.15) is 24.9 Å². The molecule has 0 radical (unpaired) electrons. The number of rotatable bonds is 5.